The topological polar surface area (TPSA) is 74.7 Å². The molecule has 1 aromatic rings. The predicted molar refractivity (Wildman–Crippen MR) is 76.6 cm³/mol. The molecule has 0 amide bonds. The van der Waals surface area contributed by atoms with Crippen LogP contribution >= 0.6 is 0 Å². The number of anilines is 1. The molecular formula is C14H22N4O. The Morgan fingerprint density at radius 2 is 2.32 bits per heavy atom. The molecule has 0 aliphatic carbocycles. The van der Waals surface area contributed by atoms with Crippen molar-refractivity contribution in [3.05, 3.63) is 23.4 Å². The Morgan fingerprint density at radius 1 is 1.58 bits per heavy atom. The molecule has 1 saturated heterocycles. The predicted octanol–water partition coefficient (Wildman–Crippen LogP) is 1.97. The van der Waals surface area contributed by atoms with Crippen molar-refractivity contribution in [1.82, 2.24) is 4.98 Å². The molecule has 1 aromatic heterocycles. The van der Waals surface area contributed by atoms with Crippen molar-refractivity contribution in [2.24, 2.45) is 22.7 Å². The van der Waals surface area contributed by atoms with E-state index in [1.165, 1.54) is 6.42 Å². The Hall–Kier alpha value is -1.78. The average molecular weight is 262 g/mol. The second kappa shape index (κ2) is 5.47. The van der Waals surface area contributed by atoms with Gasteiger partial charge in [0.1, 0.15) is 5.82 Å². The molecule has 0 bridgehead atoms. The zero-order valence-electron chi connectivity index (χ0n) is 11.8. The van der Waals surface area contributed by atoms with Gasteiger partial charge in [-0.2, -0.15) is 0 Å². The highest BCUT2D eigenvalue weighted by Gasteiger charge is 2.28. The van der Waals surface area contributed by atoms with E-state index >= 15 is 0 Å². The summed E-state index contributed by atoms with van der Waals surface area (Å²) in [6, 6.07) is 1.88. The van der Waals surface area contributed by atoms with Crippen LogP contribution in [0.2, 0.25) is 0 Å². The lowest BCUT2D eigenvalue weighted by Gasteiger charge is -2.22. The van der Waals surface area contributed by atoms with Crippen LogP contribution in [0.15, 0.2) is 17.4 Å². The van der Waals surface area contributed by atoms with Crippen molar-refractivity contribution in [1.29, 1.82) is 0 Å². The lowest BCUT2D eigenvalue weighted by atomic mass is 9.95. The first-order valence-electron chi connectivity index (χ1n) is 6.73. The fourth-order valence-electron chi connectivity index (χ4n) is 2.67. The van der Waals surface area contributed by atoms with Gasteiger partial charge >= 0.3 is 0 Å². The Balaban J connectivity index is 2.33. The van der Waals surface area contributed by atoms with Gasteiger partial charge in [-0.15, -0.1) is 0 Å². The number of nitrogens with two attached hydrogens (primary N) is 1. The van der Waals surface area contributed by atoms with Crippen LogP contribution in [0.1, 0.15) is 31.4 Å². The van der Waals surface area contributed by atoms with Crippen LogP contribution in [0.25, 0.3) is 0 Å². The number of amidine groups is 1. The monoisotopic (exact) mass is 262 g/mol. The molecule has 0 saturated carbocycles. The van der Waals surface area contributed by atoms with Gasteiger partial charge in [0.25, 0.3) is 0 Å². The minimum absolute atomic E-state index is 0.133. The van der Waals surface area contributed by atoms with Gasteiger partial charge in [-0.3, -0.25) is 0 Å². The van der Waals surface area contributed by atoms with Crippen LogP contribution in [0, 0.1) is 18.8 Å². The smallest absolute Gasteiger partial charge is 0.174 e. The van der Waals surface area contributed by atoms with Crippen LogP contribution in [-0.4, -0.2) is 29.1 Å². The summed E-state index contributed by atoms with van der Waals surface area (Å²) in [5.41, 5.74) is 7.52. The standard InChI is InChI=1S/C14H22N4O/c1-9(2)11-5-7-18(8-11)14-12(13(15)17-19)10(3)4-6-16-14/h4,6,9,11,19H,5,7-8H2,1-3H3,(H2,15,17). The van der Waals surface area contributed by atoms with Gasteiger partial charge < -0.3 is 15.8 Å². The van der Waals surface area contributed by atoms with E-state index in [9.17, 15) is 0 Å². The molecular weight excluding hydrogens is 240 g/mol. The molecule has 0 radical (unpaired) electrons. The third kappa shape index (κ3) is 2.64. The molecule has 0 spiro atoms. The summed E-state index contributed by atoms with van der Waals surface area (Å²) in [7, 11) is 0. The minimum Gasteiger partial charge on any atom is -0.409 e. The summed E-state index contributed by atoms with van der Waals surface area (Å²) < 4.78 is 0. The molecule has 1 unspecified atom stereocenters. The molecule has 1 fully saturated rings. The molecule has 2 heterocycles. The second-order valence-corrected chi connectivity index (χ2v) is 5.55. The summed E-state index contributed by atoms with van der Waals surface area (Å²) >= 11 is 0. The zero-order valence-corrected chi connectivity index (χ0v) is 11.8. The summed E-state index contributed by atoms with van der Waals surface area (Å²) in [6.45, 7) is 8.42. The molecule has 1 aliphatic heterocycles. The number of rotatable bonds is 3. The van der Waals surface area contributed by atoms with E-state index in [1.54, 1.807) is 6.20 Å². The third-order valence-electron chi connectivity index (χ3n) is 3.97. The van der Waals surface area contributed by atoms with Crippen molar-refractivity contribution in [3.8, 4) is 0 Å². The van der Waals surface area contributed by atoms with Gasteiger partial charge in [0.2, 0.25) is 0 Å². The van der Waals surface area contributed by atoms with Gasteiger partial charge in [0.15, 0.2) is 5.84 Å². The fraction of sp³-hybridized carbons (Fsp3) is 0.571. The van der Waals surface area contributed by atoms with Crippen LogP contribution in [0.5, 0.6) is 0 Å². The summed E-state index contributed by atoms with van der Waals surface area (Å²) in [5, 5.41) is 12.1. The zero-order chi connectivity index (χ0) is 14.0. The Kier molecular flexibility index (Phi) is 3.93. The van der Waals surface area contributed by atoms with Crippen molar-refractivity contribution in [2.75, 3.05) is 18.0 Å². The highest BCUT2D eigenvalue weighted by molar-refractivity contribution is 6.02. The van der Waals surface area contributed by atoms with Gasteiger partial charge in [-0.25, -0.2) is 4.98 Å². The number of aryl methyl sites for hydroxylation is 1. The first-order valence-corrected chi connectivity index (χ1v) is 6.73. The van der Waals surface area contributed by atoms with Crippen LogP contribution in [-0.2, 0) is 0 Å². The molecule has 1 aliphatic rings. The summed E-state index contributed by atoms with van der Waals surface area (Å²) in [4.78, 5) is 6.68. The maximum Gasteiger partial charge on any atom is 0.174 e. The first kappa shape index (κ1) is 13.6. The van der Waals surface area contributed by atoms with Crippen LogP contribution < -0.4 is 10.6 Å². The molecule has 19 heavy (non-hydrogen) atoms. The van der Waals surface area contributed by atoms with E-state index in [0.717, 1.165) is 30.0 Å². The van der Waals surface area contributed by atoms with Crippen LogP contribution in [0.3, 0.4) is 0 Å². The fourth-order valence-corrected chi connectivity index (χ4v) is 2.67. The van der Waals surface area contributed by atoms with E-state index in [4.69, 9.17) is 10.9 Å². The Labute approximate surface area is 114 Å². The third-order valence-corrected chi connectivity index (χ3v) is 3.97. The van der Waals surface area contributed by atoms with E-state index in [2.05, 4.69) is 28.9 Å². The molecule has 1 atom stereocenters. The van der Waals surface area contributed by atoms with E-state index < -0.39 is 0 Å². The van der Waals surface area contributed by atoms with Gasteiger partial charge in [-0.1, -0.05) is 19.0 Å². The maximum absolute atomic E-state index is 8.94. The molecule has 3 N–H and O–H groups in total. The van der Waals surface area contributed by atoms with E-state index in [-0.39, 0.29) is 5.84 Å². The number of oxime groups is 1. The number of hydrogen-bond donors (Lipinski definition) is 2. The molecule has 2 rings (SSSR count). The number of aromatic nitrogens is 1. The van der Waals surface area contributed by atoms with Gasteiger partial charge in [0, 0.05) is 19.3 Å². The second-order valence-electron chi connectivity index (χ2n) is 5.55. The average Bonchev–Trinajstić information content (AvgIpc) is 2.87. The van der Waals surface area contributed by atoms with Crippen LogP contribution in [0.4, 0.5) is 5.82 Å². The minimum atomic E-state index is 0.133. The molecule has 0 aromatic carbocycles. The van der Waals surface area contributed by atoms with E-state index in [1.807, 2.05) is 13.0 Å². The van der Waals surface area contributed by atoms with Gasteiger partial charge in [0.05, 0.1) is 5.56 Å². The maximum atomic E-state index is 8.94. The lowest BCUT2D eigenvalue weighted by molar-refractivity contribution is 0.318. The van der Waals surface area contributed by atoms with E-state index in [0.29, 0.717) is 11.8 Å². The largest absolute Gasteiger partial charge is 0.409 e. The lowest BCUT2D eigenvalue weighted by Crippen LogP contribution is -2.27. The SMILES string of the molecule is Cc1ccnc(N2CCC(C(C)C)C2)c1/C(N)=N/O. The number of hydrogen-bond acceptors (Lipinski definition) is 4. The van der Waals surface area contributed by atoms with Crippen molar-refractivity contribution in [3.63, 3.8) is 0 Å². The van der Waals surface area contributed by atoms with Gasteiger partial charge in [-0.05, 0) is 36.8 Å². The summed E-state index contributed by atoms with van der Waals surface area (Å²) in [6.07, 6.45) is 2.95. The summed E-state index contributed by atoms with van der Waals surface area (Å²) in [5.74, 6) is 2.32. The molecule has 5 nitrogen and oxygen atoms in total. The van der Waals surface area contributed by atoms with Crippen molar-refractivity contribution < 1.29 is 5.21 Å². The Bertz CT molecular complexity index is 484. The molecule has 5 heteroatoms. The first-order chi connectivity index (χ1) is 9.04. The number of nitrogens with zero attached hydrogens (tertiary/aromatic N) is 3. The highest BCUT2D eigenvalue weighted by atomic mass is 16.4. The normalized spacial score (nSPS) is 20.3. The quantitative estimate of drug-likeness (QED) is 0.378. The highest BCUT2D eigenvalue weighted by Crippen LogP contribution is 2.30. The van der Waals surface area contributed by atoms with Crippen molar-refractivity contribution >= 4 is 11.7 Å². The van der Waals surface area contributed by atoms with Crippen molar-refractivity contribution in [2.45, 2.75) is 27.2 Å². The Morgan fingerprint density at radius 3 is 2.89 bits per heavy atom. The molecule has 104 valence electrons. The number of pyridine rings is 1.